The first-order valence-corrected chi connectivity index (χ1v) is 9.50. The van der Waals surface area contributed by atoms with E-state index >= 15 is 0 Å². The van der Waals surface area contributed by atoms with Gasteiger partial charge in [0, 0.05) is 22.5 Å². The van der Waals surface area contributed by atoms with E-state index < -0.39 is 0 Å². The molecule has 7 rings (SSSR count). The molecule has 0 saturated carbocycles. The maximum atomic E-state index is 6.33. The number of para-hydroxylation sites is 1. The molecule has 0 fully saturated rings. The van der Waals surface area contributed by atoms with E-state index in [-0.39, 0.29) is 6.71 Å². The van der Waals surface area contributed by atoms with Gasteiger partial charge in [-0.15, -0.1) is 0 Å². The molecule has 3 aliphatic heterocycles. The molecule has 3 nitrogen and oxygen atoms in total. The molecule has 3 aliphatic rings. The first kappa shape index (κ1) is 14.4. The number of anilines is 3. The van der Waals surface area contributed by atoms with E-state index in [0.29, 0.717) is 0 Å². The summed E-state index contributed by atoms with van der Waals surface area (Å²) in [6.45, 7) is 0.131. The molecular formula is C24H14BNO2. The fourth-order valence-electron chi connectivity index (χ4n) is 4.85. The van der Waals surface area contributed by atoms with Crippen molar-refractivity contribution in [2.45, 2.75) is 0 Å². The van der Waals surface area contributed by atoms with Gasteiger partial charge in [0.25, 0.3) is 6.71 Å². The van der Waals surface area contributed by atoms with E-state index in [1.165, 1.54) is 22.3 Å². The van der Waals surface area contributed by atoms with Crippen LogP contribution in [0.5, 0.6) is 23.0 Å². The Balaban J connectivity index is 1.63. The predicted molar refractivity (Wildman–Crippen MR) is 112 cm³/mol. The van der Waals surface area contributed by atoms with Crippen molar-refractivity contribution in [3.05, 3.63) is 84.9 Å². The molecule has 4 aromatic rings. The van der Waals surface area contributed by atoms with Gasteiger partial charge in [-0.25, -0.2) is 0 Å². The van der Waals surface area contributed by atoms with Crippen molar-refractivity contribution in [1.29, 1.82) is 0 Å². The number of ether oxygens (including phenoxy) is 2. The third-order valence-corrected chi connectivity index (χ3v) is 5.91. The summed E-state index contributed by atoms with van der Waals surface area (Å²) < 4.78 is 12.7. The molecule has 0 aliphatic carbocycles. The third kappa shape index (κ3) is 1.66. The van der Waals surface area contributed by atoms with Crippen molar-refractivity contribution < 1.29 is 9.47 Å². The van der Waals surface area contributed by atoms with Crippen LogP contribution in [0.3, 0.4) is 0 Å². The fourth-order valence-corrected chi connectivity index (χ4v) is 4.85. The molecule has 0 atom stereocenters. The molecule has 0 saturated heterocycles. The first-order valence-electron chi connectivity index (χ1n) is 9.50. The number of hydrogen-bond donors (Lipinski definition) is 0. The zero-order valence-corrected chi connectivity index (χ0v) is 14.9. The minimum Gasteiger partial charge on any atom is -0.458 e. The topological polar surface area (TPSA) is 21.7 Å². The largest absolute Gasteiger partial charge is 0.458 e. The number of benzene rings is 4. The van der Waals surface area contributed by atoms with Crippen LogP contribution in [-0.2, 0) is 0 Å². The number of rotatable bonds is 1. The minimum atomic E-state index is 0.131. The predicted octanol–water partition coefficient (Wildman–Crippen LogP) is 4.20. The highest BCUT2D eigenvalue weighted by Crippen LogP contribution is 2.44. The summed E-state index contributed by atoms with van der Waals surface area (Å²) in [6, 6.07) is 29.2. The maximum absolute atomic E-state index is 6.33. The van der Waals surface area contributed by atoms with Crippen molar-refractivity contribution in [3.8, 4) is 23.0 Å². The highest BCUT2D eigenvalue weighted by molar-refractivity contribution is 7.00. The van der Waals surface area contributed by atoms with Crippen molar-refractivity contribution in [2.24, 2.45) is 0 Å². The van der Waals surface area contributed by atoms with Gasteiger partial charge in [0.1, 0.15) is 23.0 Å². The highest BCUT2D eigenvalue weighted by Gasteiger charge is 2.46. The van der Waals surface area contributed by atoms with Gasteiger partial charge in [-0.3, -0.25) is 0 Å². The second kappa shape index (κ2) is 4.99. The van der Waals surface area contributed by atoms with Crippen molar-refractivity contribution >= 4 is 40.2 Å². The van der Waals surface area contributed by atoms with E-state index in [1.54, 1.807) is 0 Å². The second-order valence-electron chi connectivity index (χ2n) is 7.35. The zero-order valence-electron chi connectivity index (χ0n) is 14.9. The Morgan fingerprint density at radius 3 is 1.57 bits per heavy atom. The Hall–Kier alpha value is -3.66. The van der Waals surface area contributed by atoms with Crippen molar-refractivity contribution in [2.75, 3.05) is 4.90 Å². The number of nitrogens with zero attached hydrogens (tertiary/aromatic N) is 1. The third-order valence-electron chi connectivity index (χ3n) is 5.91. The summed E-state index contributed by atoms with van der Waals surface area (Å²) in [5, 5.41) is 0. The van der Waals surface area contributed by atoms with Crippen molar-refractivity contribution in [1.82, 2.24) is 0 Å². The van der Waals surface area contributed by atoms with E-state index in [2.05, 4.69) is 65.6 Å². The Morgan fingerprint density at radius 1 is 0.500 bits per heavy atom. The molecule has 0 radical (unpaired) electrons. The molecule has 0 unspecified atom stereocenters. The average Bonchev–Trinajstić information content (AvgIpc) is 2.75. The van der Waals surface area contributed by atoms with Crippen LogP contribution in [0.2, 0.25) is 0 Å². The van der Waals surface area contributed by atoms with E-state index in [0.717, 1.165) is 34.1 Å². The maximum Gasteiger partial charge on any atom is 0.266 e. The van der Waals surface area contributed by atoms with E-state index in [9.17, 15) is 0 Å². The first-order chi connectivity index (χ1) is 13.9. The molecule has 0 spiro atoms. The Bertz CT molecular complexity index is 1210. The molecule has 130 valence electrons. The molecule has 0 aromatic heterocycles. The van der Waals surface area contributed by atoms with E-state index in [4.69, 9.17) is 9.47 Å². The summed E-state index contributed by atoms with van der Waals surface area (Å²) >= 11 is 0. The van der Waals surface area contributed by atoms with Gasteiger partial charge in [-0.1, -0.05) is 36.4 Å². The zero-order chi connectivity index (χ0) is 18.2. The number of hydrogen-bond acceptors (Lipinski definition) is 3. The Kier molecular flexibility index (Phi) is 2.57. The summed E-state index contributed by atoms with van der Waals surface area (Å²) in [5.41, 5.74) is 7.04. The van der Waals surface area contributed by atoms with E-state index in [1.807, 2.05) is 24.3 Å². The van der Waals surface area contributed by atoms with Crippen LogP contribution in [-0.4, -0.2) is 6.71 Å². The summed E-state index contributed by atoms with van der Waals surface area (Å²) in [5.74, 6) is 3.63. The quantitative estimate of drug-likeness (QED) is 0.410. The Labute approximate surface area is 162 Å². The summed E-state index contributed by atoms with van der Waals surface area (Å²) in [7, 11) is 0. The second-order valence-corrected chi connectivity index (χ2v) is 7.35. The van der Waals surface area contributed by atoms with Gasteiger partial charge in [-0.2, -0.15) is 0 Å². The standard InChI is InChI=1S/C24H14BNO2/c1-2-7-15(8-3-1)26-16-9-4-11-18-22(16)25-23-17(26)10-5-12-19(23)28-21-14-6-13-20(27-18)24(21)25/h1-14H. The SMILES string of the molecule is c1ccc(N2c3cccc4c3B3c5c(cccc5Oc5cccc2c53)O4)cc1. The van der Waals surface area contributed by atoms with Gasteiger partial charge >= 0.3 is 0 Å². The van der Waals surface area contributed by atoms with Gasteiger partial charge in [0.2, 0.25) is 0 Å². The Morgan fingerprint density at radius 2 is 1.00 bits per heavy atom. The molecule has 3 heterocycles. The van der Waals surface area contributed by atoms with Crippen LogP contribution in [0, 0.1) is 0 Å². The lowest BCUT2D eigenvalue weighted by molar-refractivity contribution is 0.464. The smallest absolute Gasteiger partial charge is 0.266 e. The molecular weight excluding hydrogens is 345 g/mol. The van der Waals surface area contributed by atoms with Crippen LogP contribution < -0.4 is 30.8 Å². The summed E-state index contributed by atoms with van der Waals surface area (Å²) in [6.07, 6.45) is 0. The average molecular weight is 359 g/mol. The molecule has 4 aromatic carbocycles. The lowest BCUT2D eigenvalue weighted by Gasteiger charge is -2.42. The highest BCUT2D eigenvalue weighted by atomic mass is 16.5. The molecule has 0 N–H and O–H groups in total. The van der Waals surface area contributed by atoms with Gasteiger partial charge in [-0.05, 0) is 59.5 Å². The molecule has 4 heteroatoms. The van der Waals surface area contributed by atoms with Crippen molar-refractivity contribution in [3.63, 3.8) is 0 Å². The van der Waals surface area contributed by atoms with Crippen LogP contribution >= 0.6 is 0 Å². The minimum absolute atomic E-state index is 0.131. The molecule has 0 amide bonds. The van der Waals surface area contributed by atoms with Crippen LogP contribution in [0.1, 0.15) is 0 Å². The van der Waals surface area contributed by atoms with Crippen LogP contribution in [0.15, 0.2) is 84.9 Å². The summed E-state index contributed by atoms with van der Waals surface area (Å²) in [4.78, 5) is 2.32. The molecule has 0 bridgehead atoms. The lowest BCUT2D eigenvalue weighted by atomic mass is 9.33. The fraction of sp³-hybridized carbons (Fsp3) is 0. The normalized spacial score (nSPS) is 14.1. The monoisotopic (exact) mass is 359 g/mol. The van der Waals surface area contributed by atoms with Gasteiger partial charge < -0.3 is 14.4 Å². The van der Waals surface area contributed by atoms with Gasteiger partial charge in [0.15, 0.2) is 0 Å². The van der Waals surface area contributed by atoms with Gasteiger partial charge in [0.05, 0.1) is 0 Å². The van der Waals surface area contributed by atoms with Crippen LogP contribution in [0.4, 0.5) is 17.1 Å². The van der Waals surface area contributed by atoms with Crippen LogP contribution in [0.25, 0.3) is 0 Å². The lowest BCUT2D eigenvalue weighted by Crippen LogP contribution is -2.61. The molecule has 28 heavy (non-hydrogen) atoms.